The van der Waals surface area contributed by atoms with E-state index in [4.69, 9.17) is 10.5 Å². The molecule has 3 nitrogen and oxygen atoms in total. The first-order chi connectivity index (χ1) is 8.47. The third-order valence-electron chi connectivity index (χ3n) is 3.30. The Labute approximate surface area is 106 Å². The molecule has 1 aliphatic rings. The molecule has 1 aliphatic heterocycles. The Morgan fingerprint density at radius 1 is 1.33 bits per heavy atom. The van der Waals surface area contributed by atoms with E-state index in [1.165, 1.54) is 0 Å². The predicted octanol–water partition coefficient (Wildman–Crippen LogP) is 2.04. The zero-order chi connectivity index (χ0) is 13.3. The molecule has 0 aliphatic carbocycles. The molecule has 1 aromatic rings. The zero-order valence-electron chi connectivity index (χ0n) is 10.7. The second-order valence-corrected chi connectivity index (χ2v) is 5.09. The van der Waals surface area contributed by atoms with E-state index in [0.717, 1.165) is 0 Å². The van der Waals surface area contributed by atoms with Crippen molar-refractivity contribution in [2.24, 2.45) is 5.73 Å². The smallest absolute Gasteiger partial charge is 0.182 e. The van der Waals surface area contributed by atoms with E-state index in [9.17, 15) is 8.78 Å². The van der Waals surface area contributed by atoms with E-state index in [-0.39, 0.29) is 23.3 Å². The number of ether oxygens (including phenoxy) is 1. The fourth-order valence-electron chi connectivity index (χ4n) is 2.25. The normalized spacial score (nSPS) is 19.1. The summed E-state index contributed by atoms with van der Waals surface area (Å²) in [6.07, 6.45) is 0. The van der Waals surface area contributed by atoms with Crippen molar-refractivity contribution in [3.8, 4) is 0 Å². The van der Waals surface area contributed by atoms with Gasteiger partial charge in [0.2, 0.25) is 0 Å². The van der Waals surface area contributed by atoms with Crippen molar-refractivity contribution >= 4 is 5.69 Å². The Morgan fingerprint density at radius 2 is 2.06 bits per heavy atom. The van der Waals surface area contributed by atoms with Crippen LogP contribution in [0.3, 0.4) is 0 Å². The topological polar surface area (TPSA) is 38.5 Å². The van der Waals surface area contributed by atoms with Crippen molar-refractivity contribution < 1.29 is 13.5 Å². The van der Waals surface area contributed by atoms with Crippen LogP contribution in [0.1, 0.15) is 19.4 Å². The molecule has 0 spiro atoms. The molecule has 0 saturated carbocycles. The van der Waals surface area contributed by atoms with Crippen molar-refractivity contribution in [2.75, 3.05) is 24.7 Å². The number of hydrogen-bond acceptors (Lipinski definition) is 3. The lowest BCUT2D eigenvalue weighted by Gasteiger charge is -2.43. The number of nitrogens with two attached hydrogens (primary N) is 1. The summed E-state index contributed by atoms with van der Waals surface area (Å²) in [5.41, 5.74) is 5.48. The Balaban J connectivity index is 2.42. The second-order valence-electron chi connectivity index (χ2n) is 5.09. The van der Waals surface area contributed by atoms with E-state index >= 15 is 0 Å². The summed E-state index contributed by atoms with van der Waals surface area (Å²) in [6, 6.07) is 3.13. The van der Waals surface area contributed by atoms with Crippen molar-refractivity contribution in [2.45, 2.75) is 25.9 Å². The van der Waals surface area contributed by atoms with Gasteiger partial charge in [0.05, 0.1) is 24.4 Å². The standard InChI is InChI=1S/C13H18F2N2O/c1-13(2)8-18-6-5-17(13)10-4-3-9(7-16)11(14)12(10)15/h3-4H,5-8,16H2,1-2H3. The van der Waals surface area contributed by atoms with Gasteiger partial charge in [-0.3, -0.25) is 0 Å². The quantitative estimate of drug-likeness (QED) is 0.880. The molecule has 2 N–H and O–H groups in total. The number of anilines is 1. The van der Waals surface area contributed by atoms with Gasteiger partial charge < -0.3 is 15.4 Å². The first-order valence-corrected chi connectivity index (χ1v) is 5.99. The van der Waals surface area contributed by atoms with Gasteiger partial charge in [0.15, 0.2) is 11.6 Å². The highest BCUT2D eigenvalue weighted by Gasteiger charge is 2.33. The van der Waals surface area contributed by atoms with Crippen LogP contribution in [0, 0.1) is 11.6 Å². The molecule has 1 heterocycles. The van der Waals surface area contributed by atoms with Crippen LogP contribution in [0.15, 0.2) is 12.1 Å². The van der Waals surface area contributed by atoms with Crippen LogP contribution in [0.2, 0.25) is 0 Å². The predicted molar refractivity (Wildman–Crippen MR) is 66.5 cm³/mol. The fraction of sp³-hybridized carbons (Fsp3) is 0.538. The number of nitrogens with zero attached hydrogens (tertiary/aromatic N) is 1. The number of benzene rings is 1. The largest absolute Gasteiger partial charge is 0.377 e. The molecule has 1 aromatic carbocycles. The first kappa shape index (κ1) is 13.2. The van der Waals surface area contributed by atoms with Crippen molar-refractivity contribution in [3.05, 3.63) is 29.3 Å². The molecule has 0 radical (unpaired) electrons. The minimum atomic E-state index is -0.850. The Kier molecular flexibility index (Phi) is 3.54. The van der Waals surface area contributed by atoms with Gasteiger partial charge in [0.1, 0.15) is 0 Å². The van der Waals surface area contributed by atoms with E-state index in [1.807, 2.05) is 18.7 Å². The van der Waals surface area contributed by atoms with Gasteiger partial charge in [-0.05, 0) is 19.9 Å². The maximum atomic E-state index is 14.1. The van der Waals surface area contributed by atoms with Crippen LogP contribution in [-0.2, 0) is 11.3 Å². The molecule has 0 aromatic heterocycles. The van der Waals surface area contributed by atoms with E-state index in [0.29, 0.717) is 19.8 Å². The molecule has 0 amide bonds. The highest BCUT2D eigenvalue weighted by Crippen LogP contribution is 2.31. The molecular formula is C13H18F2N2O. The summed E-state index contributed by atoms with van der Waals surface area (Å²) in [4.78, 5) is 1.84. The highest BCUT2D eigenvalue weighted by atomic mass is 19.2. The van der Waals surface area contributed by atoms with Gasteiger partial charge in [-0.2, -0.15) is 0 Å². The summed E-state index contributed by atoms with van der Waals surface area (Å²) in [5.74, 6) is -1.68. The number of hydrogen-bond donors (Lipinski definition) is 1. The summed E-state index contributed by atoms with van der Waals surface area (Å²) in [5, 5.41) is 0. The molecule has 0 bridgehead atoms. The van der Waals surface area contributed by atoms with Gasteiger partial charge >= 0.3 is 0 Å². The Morgan fingerprint density at radius 3 is 2.67 bits per heavy atom. The van der Waals surface area contributed by atoms with Crippen LogP contribution >= 0.6 is 0 Å². The summed E-state index contributed by atoms with van der Waals surface area (Å²) in [7, 11) is 0. The van der Waals surface area contributed by atoms with Crippen molar-refractivity contribution in [1.29, 1.82) is 0 Å². The molecule has 100 valence electrons. The minimum absolute atomic E-state index is 0.00443. The van der Waals surface area contributed by atoms with Gasteiger partial charge in [0, 0.05) is 18.7 Å². The minimum Gasteiger partial charge on any atom is -0.377 e. The van der Waals surface area contributed by atoms with Gasteiger partial charge in [-0.25, -0.2) is 8.78 Å². The molecule has 0 unspecified atom stereocenters. The molecule has 2 rings (SSSR count). The highest BCUT2D eigenvalue weighted by molar-refractivity contribution is 5.52. The number of halogens is 2. The third-order valence-corrected chi connectivity index (χ3v) is 3.30. The van der Waals surface area contributed by atoms with Crippen LogP contribution in [0.5, 0.6) is 0 Å². The molecule has 1 fully saturated rings. The van der Waals surface area contributed by atoms with Crippen molar-refractivity contribution in [3.63, 3.8) is 0 Å². The SMILES string of the molecule is CC1(C)COCCN1c1ccc(CN)c(F)c1F. The van der Waals surface area contributed by atoms with Crippen LogP contribution in [0.25, 0.3) is 0 Å². The summed E-state index contributed by atoms with van der Waals surface area (Å²) < 4.78 is 33.2. The lowest BCUT2D eigenvalue weighted by Crippen LogP contribution is -2.53. The monoisotopic (exact) mass is 256 g/mol. The van der Waals surface area contributed by atoms with Crippen LogP contribution < -0.4 is 10.6 Å². The average molecular weight is 256 g/mol. The van der Waals surface area contributed by atoms with Crippen LogP contribution in [-0.4, -0.2) is 25.3 Å². The average Bonchev–Trinajstić information content (AvgIpc) is 2.33. The van der Waals surface area contributed by atoms with Gasteiger partial charge in [0.25, 0.3) is 0 Å². The van der Waals surface area contributed by atoms with Gasteiger partial charge in [-0.15, -0.1) is 0 Å². The summed E-state index contributed by atoms with van der Waals surface area (Å²) in [6.45, 7) is 5.44. The Bertz CT molecular complexity index is 449. The number of rotatable bonds is 2. The zero-order valence-corrected chi connectivity index (χ0v) is 10.7. The number of morpholine rings is 1. The van der Waals surface area contributed by atoms with E-state index < -0.39 is 11.6 Å². The lowest BCUT2D eigenvalue weighted by atomic mass is 10.0. The fourth-order valence-corrected chi connectivity index (χ4v) is 2.25. The van der Waals surface area contributed by atoms with Crippen LogP contribution in [0.4, 0.5) is 14.5 Å². The Hall–Kier alpha value is -1.20. The maximum Gasteiger partial charge on any atom is 0.182 e. The molecule has 0 atom stereocenters. The third kappa shape index (κ3) is 2.20. The van der Waals surface area contributed by atoms with E-state index in [2.05, 4.69) is 0 Å². The molecule has 1 saturated heterocycles. The van der Waals surface area contributed by atoms with Crippen molar-refractivity contribution in [1.82, 2.24) is 0 Å². The first-order valence-electron chi connectivity index (χ1n) is 5.99. The van der Waals surface area contributed by atoms with E-state index in [1.54, 1.807) is 12.1 Å². The molecule has 5 heteroatoms. The summed E-state index contributed by atoms with van der Waals surface area (Å²) >= 11 is 0. The molecule has 18 heavy (non-hydrogen) atoms. The van der Waals surface area contributed by atoms with Gasteiger partial charge in [-0.1, -0.05) is 6.07 Å². The maximum absolute atomic E-state index is 14.1. The molecular weight excluding hydrogens is 238 g/mol. The lowest BCUT2D eigenvalue weighted by molar-refractivity contribution is 0.0639. The second kappa shape index (κ2) is 4.82.